The fraction of sp³-hybridized carbons (Fsp3) is 0.278. The second kappa shape index (κ2) is 9.02. The highest BCUT2D eigenvalue weighted by atomic mass is 35.5. The molecule has 0 aliphatic heterocycles. The van der Waals surface area contributed by atoms with Gasteiger partial charge in [-0.1, -0.05) is 39.0 Å². The molecule has 1 rings (SSSR count). The van der Waals surface area contributed by atoms with Crippen molar-refractivity contribution in [1.29, 1.82) is 5.26 Å². The lowest BCUT2D eigenvalue weighted by Gasteiger charge is -2.32. The highest BCUT2D eigenvalue weighted by Crippen LogP contribution is 2.18. The lowest BCUT2D eigenvalue weighted by Crippen LogP contribution is -2.50. The number of hydrazine groups is 1. The zero-order valence-electron chi connectivity index (χ0n) is 14.9. The van der Waals surface area contributed by atoms with Crippen molar-refractivity contribution >= 4 is 23.3 Å². The smallest absolute Gasteiger partial charge is 0.269 e. The molecule has 0 aliphatic rings. The van der Waals surface area contributed by atoms with E-state index in [9.17, 15) is 9.18 Å². The topological polar surface area (TPSA) is 94.5 Å². The Kier molecular flexibility index (Phi) is 7.35. The average molecular weight is 378 g/mol. The first-order valence-corrected chi connectivity index (χ1v) is 8.04. The van der Waals surface area contributed by atoms with E-state index in [4.69, 9.17) is 22.6 Å². The number of nitrogens with two attached hydrogens (primary N) is 1. The number of rotatable bonds is 4. The van der Waals surface area contributed by atoms with E-state index in [0.717, 1.165) is 6.20 Å². The van der Waals surface area contributed by atoms with Gasteiger partial charge in [0.15, 0.2) is 5.84 Å². The summed E-state index contributed by atoms with van der Waals surface area (Å²) in [6.07, 6.45) is 1.10. The van der Waals surface area contributed by atoms with Gasteiger partial charge in [0.2, 0.25) is 0 Å². The molecule has 1 amide bonds. The molecule has 8 heteroatoms. The van der Waals surface area contributed by atoms with Crippen LogP contribution in [0.15, 0.2) is 52.8 Å². The largest absolute Gasteiger partial charge is 0.403 e. The molecule has 0 aromatic heterocycles. The van der Waals surface area contributed by atoms with E-state index in [1.807, 2.05) is 20.8 Å². The maximum Gasteiger partial charge on any atom is 0.269 e. The number of amides is 1. The van der Waals surface area contributed by atoms with E-state index >= 15 is 0 Å². The molecule has 138 valence electrons. The third kappa shape index (κ3) is 6.57. The molecule has 26 heavy (non-hydrogen) atoms. The first-order chi connectivity index (χ1) is 12.1. The van der Waals surface area contributed by atoms with Crippen LogP contribution in [0.4, 0.5) is 4.39 Å². The summed E-state index contributed by atoms with van der Waals surface area (Å²) in [5, 5.41) is 10.4. The molecule has 1 aromatic carbocycles. The highest BCUT2D eigenvalue weighted by molar-refractivity contribution is 6.43. The highest BCUT2D eigenvalue weighted by Gasteiger charge is 2.24. The van der Waals surface area contributed by atoms with Crippen LogP contribution in [0.2, 0.25) is 0 Å². The van der Waals surface area contributed by atoms with Crippen molar-refractivity contribution < 1.29 is 9.18 Å². The van der Waals surface area contributed by atoms with E-state index < -0.39 is 11.7 Å². The van der Waals surface area contributed by atoms with Gasteiger partial charge in [-0.2, -0.15) is 5.26 Å². The van der Waals surface area contributed by atoms with E-state index in [0.29, 0.717) is 6.54 Å². The summed E-state index contributed by atoms with van der Waals surface area (Å²) in [6.45, 7) is 9.64. The zero-order chi connectivity index (χ0) is 19.9. The van der Waals surface area contributed by atoms with Gasteiger partial charge in [0, 0.05) is 18.3 Å². The van der Waals surface area contributed by atoms with Gasteiger partial charge < -0.3 is 5.73 Å². The second-order valence-corrected chi connectivity index (χ2v) is 7.01. The fourth-order valence-electron chi connectivity index (χ4n) is 1.90. The predicted octanol–water partition coefficient (Wildman–Crippen LogP) is 3.29. The SMILES string of the molecule is C=C(C#N)N=C(/C(Cl)=C\N)N(CC(C)(C)C)NC(=O)c1ccc(F)cc1. The molecule has 0 saturated heterocycles. The van der Waals surface area contributed by atoms with Crippen LogP contribution in [0.3, 0.4) is 0 Å². The van der Waals surface area contributed by atoms with E-state index in [2.05, 4.69) is 17.0 Å². The number of aliphatic imine (C=N–C) groups is 1. The lowest BCUT2D eigenvalue weighted by atomic mass is 9.96. The maximum absolute atomic E-state index is 13.1. The summed E-state index contributed by atoms with van der Waals surface area (Å²) in [7, 11) is 0. The number of nitrogens with one attached hydrogen (secondary N) is 1. The summed E-state index contributed by atoms with van der Waals surface area (Å²) in [6, 6.07) is 6.86. The molecule has 0 fully saturated rings. The minimum absolute atomic E-state index is 0.0325. The van der Waals surface area contributed by atoms with Crippen LogP contribution in [-0.4, -0.2) is 23.3 Å². The quantitative estimate of drug-likeness (QED) is 0.364. The number of allylic oxidation sites excluding steroid dienone is 1. The molecule has 0 saturated carbocycles. The third-order valence-corrected chi connectivity index (χ3v) is 3.26. The summed E-state index contributed by atoms with van der Waals surface area (Å²) >= 11 is 6.12. The molecule has 6 nitrogen and oxygen atoms in total. The van der Waals surface area contributed by atoms with Gasteiger partial charge in [0.05, 0.1) is 0 Å². The van der Waals surface area contributed by atoms with Crippen molar-refractivity contribution in [3.05, 3.63) is 59.2 Å². The fourth-order valence-corrected chi connectivity index (χ4v) is 2.04. The van der Waals surface area contributed by atoms with Gasteiger partial charge in [-0.25, -0.2) is 9.38 Å². The Morgan fingerprint density at radius 2 is 2.04 bits per heavy atom. The molecule has 0 unspecified atom stereocenters. The number of hydrogen-bond donors (Lipinski definition) is 2. The van der Waals surface area contributed by atoms with Gasteiger partial charge in [-0.05, 0) is 29.7 Å². The van der Waals surface area contributed by atoms with Crippen molar-refractivity contribution in [2.24, 2.45) is 16.1 Å². The number of carbonyl (C=O) groups is 1. The molecule has 0 bridgehead atoms. The summed E-state index contributed by atoms with van der Waals surface area (Å²) < 4.78 is 13.1. The summed E-state index contributed by atoms with van der Waals surface area (Å²) in [5.74, 6) is -0.869. The van der Waals surface area contributed by atoms with Gasteiger partial charge in [0.1, 0.15) is 22.6 Å². The van der Waals surface area contributed by atoms with Gasteiger partial charge >= 0.3 is 0 Å². The standard InChI is InChI=1S/C18H21ClFN5O/c1-12(9-21)23-16(15(19)10-22)25(11-18(2,3)4)24-17(26)13-5-7-14(20)8-6-13/h5-8,10H,1,11,22H2,2-4H3,(H,24,26)/b15-10+,23-16?. The predicted molar refractivity (Wildman–Crippen MR) is 100 cm³/mol. The van der Waals surface area contributed by atoms with Gasteiger partial charge in [0.25, 0.3) is 5.91 Å². The van der Waals surface area contributed by atoms with Gasteiger partial charge in [-0.3, -0.25) is 15.2 Å². The van der Waals surface area contributed by atoms with Crippen molar-refractivity contribution in [2.45, 2.75) is 20.8 Å². The minimum atomic E-state index is -0.494. The Bertz CT molecular complexity index is 772. The Hall–Kier alpha value is -2.85. The van der Waals surface area contributed by atoms with E-state index in [1.165, 1.54) is 29.3 Å². The average Bonchev–Trinajstić information content (AvgIpc) is 2.57. The Balaban J connectivity index is 3.26. The number of amidine groups is 1. The third-order valence-electron chi connectivity index (χ3n) is 2.96. The Morgan fingerprint density at radius 3 is 2.50 bits per heavy atom. The first-order valence-electron chi connectivity index (χ1n) is 7.67. The Morgan fingerprint density at radius 1 is 1.46 bits per heavy atom. The van der Waals surface area contributed by atoms with Crippen molar-refractivity contribution in [2.75, 3.05) is 6.54 Å². The second-order valence-electron chi connectivity index (χ2n) is 6.60. The molecule has 0 atom stereocenters. The van der Waals surface area contributed by atoms with E-state index in [-0.39, 0.29) is 27.5 Å². The van der Waals surface area contributed by atoms with Crippen molar-refractivity contribution in [3.63, 3.8) is 0 Å². The molecule has 1 aromatic rings. The first kappa shape index (κ1) is 21.2. The number of nitrogens with zero attached hydrogens (tertiary/aromatic N) is 3. The van der Waals surface area contributed by atoms with Crippen LogP contribution in [-0.2, 0) is 0 Å². The minimum Gasteiger partial charge on any atom is -0.403 e. The van der Waals surface area contributed by atoms with Crippen LogP contribution in [0.1, 0.15) is 31.1 Å². The summed E-state index contributed by atoms with van der Waals surface area (Å²) in [4.78, 5) is 16.6. The van der Waals surface area contributed by atoms with Crippen LogP contribution < -0.4 is 11.2 Å². The molecular weight excluding hydrogens is 357 g/mol. The molecule has 0 radical (unpaired) electrons. The summed E-state index contributed by atoms with van der Waals surface area (Å²) in [5.41, 5.74) is 8.02. The number of carbonyl (C=O) groups excluding carboxylic acids is 1. The van der Waals surface area contributed by atoms with Crippen LogP contribution in [0, 0.1) is 22.6 Å². The number of halogens is 2. The maximum atomic E-state index is 13.1. The van der Waals surface area contributed by atoms with Crippen LogP contribution in [0.5, 0.6) is 0 Å². The molecular formula is C18H21ClFN5O. The Labute approximate surface area is 157 Å². The van der Waals surface area contributed by atoms with Gasteiger partial charge in [-0.15, -0.1) is 0 Å². The molecule has 0 aliphatic carbocycles. The monoisotopic (exact) mass is 377 g/mol. The molecule has 0 spiro atoms. The number of hydrogen-bond acceptors (Lipinski definition) is 4. The van der Waals surface area contributed by atoms with E-state index in [1.54, 1.807) is 6.07 Å². The number of benzene rings is 1. The van der Waals surface area contributed by atoms with Crippen molar-refractivity contribution in [3.8, 4) is 6.07 Å². The molecule has 3 N–H and O–H groups in total. The van der Waals surface area contributed by atoms with Crippen molar-refractivity contribution in [1.82, 2.24) is 10.4 Å². The normalized spacial score (nSPS) is 12.3. The zero-order valence-corrected chi connectivity index (χ0v) is 15.6. The molecule has 0 heterocycles. The lowest BCUT2D eigenvalue weighted by molar-refractivity contribution is 0.0843. The van der Waals surface area contributed by atoms with Crippen LogP contribution >= 0.6 is 11.6 Å². The van der Waals surface area contributed by atoms with Crippen LogP contribution in [0.25, 0.3) is 0 Å². The number of nitriles is 1.